The van der Waals surface area contributed by atoms with Gasteiger partial charge in [-0.2, -0.15) is 0 Å². The summed E-state index contributed by atoms with van der Waals surface area (Å²) in [5.74, 6) is 0. The molecule has 0 aliphatic heterocycles. The first-order valence-corrected chi connectivity index (χ1v) is 5.34. The van der Waals surface area contributed by atoms with Crippen molar-refractivity contribution in [2.75, 3.05) is 19.8 Å². The molecule has 0 aliphatic carbocycles. The molecule has 4 N–H and O–H groups in total. The van der Waals surface area contributed by atoms with Crippen molar-refractivity contribution >= 4 is 6.29 Å². The van der Waals surface area contributed by atoms with Crippen molar-refractivity contribution in [3.05, 3.63) is 0 Å². The topological polar surface area (TPSA) is 98.0 Å². The van der Waals surface area contributed by atoms with Crippen LogP contribution in [0.1, 0.15) is 26.7 Å². The Morgan fingerprint density at radius 2 is 1.56 bits per heavy atom. The van der Waals surface area contributed by atoms with Gasteiger partial charge in [0.05, 0.1) is 25.9 Å². The summed E-state index contributed by atoms with van der Waals surface area (Å²) in [7, 11) is 0. The van der Waals surface area contributed by atoms with E-state index in [1.807, 2.05) is 0 Å². The van der Waals surface area contributed by atoms with Gasteiger partial charge < -0.3 is 25.2 Å². The Kier molecular flexibility index (Phi) is 6.10. The zero-order valence-corrected chi connectivity index (χ0v) is 9.89. The van der Waals surface area contributed by atoms with E-state index in [4.69, 9.17) is 15.3 Å². The van der Waals surface area contributed by atoms with E-state index in [-0.39, 0.29) is 32.7 Å². The number of carbonyl (C=O) groups excluding carboxylic acids is 1. The third kappa shape index (κ3) is 3.83. The summed E-state index contributed by atoms with van der Waals surface area (Å²) in [6.45, 7) is 2.17. The van der Waals surface area contributed by atoms with E-state index in [1.54, 1.807) is 13.8 Å². The van der Waals surface area contributed by atoms with Crippen LogP contribution < -0.4 is 0 Å². The molecule has 0 saturated heterocycles. The van der Waals surface area contributed by atoms with Crippen LogP contribution in [-0.2, 0) is 4.79 Å². The van der Waals surface area contributed by atoms with Gasteiger partial charge in [-0.3, -0.25) is 0 Å². The molecule has 0 rings (SSSR count). The van der Waals surface area contributed by atoms with Crippen LogP contribution in [0.4, 0.5) is 0 Å². The Morgan fingerprint density at radius 3 is 1.88 bits per heavy atom. The van der Waals surface area contributed by atoms with Crippen molar-refractivity contribution in [3.8, 4) is 0 Å². The van der Waals surface area contributed by atoms with E-state index in [1.165, 1.54) is 0 Å². The fourth-order valence-electron chi connectivity index (χ4n) is 1.28. The second kappa shape index (κ2) is 6.30. The summed E-state index contributed by atoms with van der Waals surface area (Å²) in [5.41, 5.74) is -1.84. The number of carbonyl (C=O) groups is 1. The lowest BCUT2D eigenvalue weighted by Crippen LogP contribution is -2.37. The molecule has 1 unspecified atom stereocenters. The van der Waals surface area contributed by atoms with E-state index in [2.05, 4.69) is 0 Å². The van der Waals surface area contributed by atoms with Crippen molar-refractivity contribution in [1.82, 2.24) is 0 Å². The highest BCUT2D eigenvalue weighted by Gasteiger charge is 2.33. The molecule has 0 saturated carbocycles. The first kappa shape index (κ1) is 15.5. The van der Waals surface area contributed by atoms with Gasteiger partial charge in [0.1, 0.15) is 6.29 Å². The van der Waals surface area contributed by atoms with Crippen molar-refractivity contribution in [2.45, 2.75) is 32.8 Å². The number of aldehydes is 1. The summed E-state index contributed by atoms with van der Waals surface area (Å²) < 4.78 is 0. The molecule has 5 nitrogen and oxygen atoms in total. The number of hydrogen-bond acceptors (Lipinski definition) is 5. The van der Waals surface area contributed by atoms with Crippen molar-refractivity contribution < 1.29 is 25.2 Å². The average molecular weight is 234 g/mol. The lowest BCUT2D eigenvalue weighted by Gasteiger charge is -2.31. The van der Waals surface area contributed by atoms with Crippen LogP contribution in [0.2, 0.25) is 0 Å². The lowest BCUT2D eigenvalue weighted by molar-refractivity contribution is -0.120. The van der Waals surface area contributed by atoms with Gasteiger partial charge in [0.25, 0.3) is 0 Å². The first-order valence-electron chi connectivity index (χ1n) is 5.34. The van der Waals surface area contributed by atoms with Gasteiger partial charge >= 0.3 is 0 Å². The maximum atomic E-state index is 10.7. The molecule has 0 aromatic carbocycles. The first-order chi connectivity index (χ1) is 7.37. The van der Waals surface area contributed by atoms with Crippen LogP contribution in [0.25, 0.3) is 0 Å². The highest BCUT2D eigenvalue weighted by atomic mass is 16.3. The predicted octanol–water partition coefficient (Wildman–Crippen LogP) is -0.684. The van der Waals surface area contributed by atoms with Crippen LogP contribution in [0.15, 0.2) is 0 Å². The van der Waals surface area contributed by atoms with Gasteiger partial charge in [-0.1, -0.05) is 13.8 Å². The molecule has 0 bridgehead atoms. The minimum absolute atomic E-state index is 0.243. The summed E-state index contributed by atoms with van der Waals surface area (Å²) in [4.78, 5) is 10.7. The maximum absolute atomic E-state index is 10.7. The minimum Gasteiger partial charge on any atom is -0.396 e. The summed E-state index contributed by atoms with van der Waals surface area (Å²) in [5, 5.41) is 37.0. The summed E-state index contributed by atoms with van der Waals surface area (Å²) in [6.07, 6.45) is 0.326. The van der Waals surface area contributed by atoms with Crippen LogP contribution in [-0.4, -0.2) is 52.6 Å². The SMILES string of the molecule is CC(C)(C=O)C(O)CCC(CO)(CO)CO. The zero-order valence-electron chi connectivity index (χ0n) is 9.89. The Hall–Kier alpha value is -0.490. The molecule has 0 aromatic heterocycles. The maximum Gasteiger partial charge on any atom is 0.128 e. The molecule has 16 heavy (non-hydrogen) atoms. The zero-order chi connectivity index (χ0) is 12.8. The smallest absolute Gasteiger partial charge is 0.128 e. The number of aliphatic hydroxyl groups excluding tert-OH is 4. The second-order valence-corrected chi connectivity index (χ2v) is 4.97. The molecule has 0 heterocycles. The standard InChI is InChI=1S/C11H22O5/c1-10(2,5-12)9(16)3-4-11(6-13,7-14)8-15/h5,9,13-16H,3-4,6-8H2,1-2H3. The lowest BCUT2D eigenvalue weighted by atomic mass is 9.79. The van der Waals surface area contributed by atoms with E-state index < -0.39 is 16.9 Å². The molecule has 5 heteroatoms. The number of aliphatic hydroxyl groups is 4. The molecule has 0 aromatic rings. The van der Waals surface area contributed by atoms with Gasteiger partial charge in [-0.15, -0.1) is 0 Å². The molecule has 96 valence electrons. The van der Waals surface area contributed by atoms with Crippen LogP contribution in [0, 0.1) is 10.8 Å². The van der Waals surface area contributed by atoms with Gasteiger partial charge in [0, 0.05) is 10.8 Å². The Bertz CT molecular complexity index is 202. The highest BCUT2D eigenvalue weighted by molar-refractivity contribution is 5.58. The fourth-order valence-corrected chi connectivity index (χ4v) is 1.28. The van der Waals surface area contributed by atoms with Crippen molar-refractivity contribution in [2.24, 2.45) is 10.8 Å². The third-order valence-electron chi connectivity index (χ3n) is 3.12. The predicted molar refractivity (Wildman–Crippen MR) is 58.8 cm³/mol. The van der Waals surface area contributed by atoms with Crippen LogP contribution >= 0.6 is 0 Å². The quantitative estimate of drug-likeness (QED) is 0.417. The Balaban J connectivity index is 4.37. The van der Waals surface area contributed by atoms with Gasteiger partial charge in [0.2, 0.25) is 0 Å². The Morgan fingerprint density at radius 1 is 1.12 bits per heavy atom. The van der Waals surface area contributed by atoms with Crippen LogP contribution in [0.5, 0.6) is 0 Å². The second-order valence-electron chi connectivity index (χ2n) is 4.97. The van der Waals surface area contributed by atoms with Crippen LogP contribution in [0.3, 0.4) is 0 Å². The minimum atomic E-state index is -0.986. The number of hydrogen-bond donors (Lipinski definition) is 4. The van der Waals surface area contributed by atoms with Gasteiger partial charge in [-0.05, 0) is 12.8 Å². The average Bonchev–Trinajstić information content (AvgIpc) is 2.31. The monoisotopic (exact) mass is 234 g/mol. The summed E-state index contributed by atoms with van der Waals surface area (Å²) in [6, 6.07) is 0. The molecule has 0 radical (unpaired) electrons. The largest absolute Gasteiger partial charge is 0.396 e. The van der Waals surface area contributed by atoms with E-state index >= 15 is 0 Å². The third-order valence-corrected chi connectivity index (χ3v) is 3.12. The molecular weight excluding hydrogens is 212 g/mol. The van der Waals surface area contributed by atoms with Crippen molar-refractivity contribution in [1.29, 1.82) is 0 Å². The molecule has 0 aliphatic rings. The molecule has 1 atom stereocenters. The summed E-state index contributed by atoms with van der Waals surface area (Å²) >= 11 is 0. The number of rotatable bonds is 8. The molecule has 0 amide bonds. The normalized spacial score (nSPS) is 14.9. The molecular formula is C11H22O5. The van der Waals surface area contributed by atoms with Crippen molar-refractivity contribution in [3.63, 3.8) is 0 Å². The fraction of sp³-hybridized carbons (Fsp3) is 0.909. The molecule has 0 spiro atoms. The van der Waals surface area contributed by atoms with E-state index in [9.17, 15) is 9.90 Å². The van der Waals surface area contributed by atoms with E-state index in [0.717, 1.165) is 0 Å². The van der Waals surface area contributed by atoms with E-state index in [0.29, 0.717) is 6.29 Å². The Labute approximate surface area is 95.7 Å². The van der Waals surface area contributed by atoms with Gasteiger partial charge in [0.15, 0.2) is 0 Å². The highest BCUT2D eigenvalue weighted by Crippen LogP contribution is 2.28. The molecule has 0 fully saturated rings. The van der Waals surface area contributed by atoms with Gasteiger partial charge in [-0.25, -0.2) is 0 Å².